The zero-order valence-corrected chi connectivity index (χ0v) is 21.4. The molecule has 2 heterocycles. The molecule has 4 nitrogen and oxygen atoms in total. The Kier molecular flexibility index (Phi) is 8.61. The van der Waals surface area contributed by atoms with Gasteiger partial charge in [-0.1, -0.05) is 50.6 Å². The van der Waals surface area contributed by atoms with Gasteiger partial charge in [-0.15, -0.1) is 0 Å². The van der Waals surface area contributed by atoms with E-state index in [1.54, 1.807) is 0 Å². The van der Waals surface area contributed by atoms with E-state index in [-0.39, 0.29) is 12.2 Å². The van der Waals surface area contributed by atoms with E-state index in [1.807, 2.05) is 11.8 Å². The Balaban J connectivity index is 1.68. The van der Waals surface area contributed by atoms with Crippen molar-refractivity contribution in [2.75, 3.05) is 26.4 Å². The van der Waals surface area contributed by atoms with E-state index in [1.165, 1.54) is 32.0 Å². The summed E-state index contributed by atoms with van der Waals surface area (Å²) in [5, 5.41) is 0. The van der Waals surface area contributed by atoms with Crippen molar-refractivity contribution in [2.45, 2.75) is 88.2 Å². The van der Waals surface area contributed by atoms with Crippen LogP contribution in [0.5, 0.6) is 11.5 Å². The topological polar surface area (TPSA) is 43.5 Å². The molecule has 33 heavy (non-hydrogen) atoms. The molecule has 0 amide bonds. The quantitative estimate of drug-likeness (QED) is 0.288. The standard InChI is InChI=1S/C28H38O4S/c1-5-7-9-23-25(31-17-21-15-29-21)13-11-19(3)27(23)33-28-20(4)12-14-26(24(28)10-8-6-2)32-18-22-16-30-22/h11-14,21-22H,5-10,15-18H2,1-4H3. The Labute approximate surface area is 203 Å². The lowest BCUT2D eigenvalue weighted by Crippen LogP contribution is -2.08. The second-order valence-corrected chi connectivity index (χ2v) is 10.2. The first-order valence-corrected chi connectivity index (χ1v) is 13.3. The third-order valence-corrected chi connectivity index (χ3v) is 7.79. The highest BCUT2D eigenvalue weighted by atomic mass is 32.2. The van der Waals surface area contributed by atoms with Crippen molar-refractivity contribution >= 4 is 11.8 Å². The number of unbranched alkanes of at least 4 members (excludes halogenated alkanes) is 2. The summed E-state index contributed by atoms with van der Waals surface area (Å²) >= 11 is 1.90. The van der Waals surface area contributed by atoms with Gasteiger partial charge in [0.05, 0.1) is 13.2 Å². The fourth-order valence-corrected chi connectivity index (χ4v) is 5.30. The maximum atomic E-state index is 6.24. The predicted molar refractivity (Wildman–Crippen MR) is 134 cm³/mol. The zero-order valence-electron chi connectivity index (χ0n) is 20.6. The Morgan fingerprint density at radius 1 is 0.758 bits per heavy atom. The number of epoxide rings is 2. The Morgan fingerprint density at radius 3 is 1.55 bits per heavy atom. The van der Waals surface area contributed by atoms with Crippen LogP contribution in [-0.4, -0.2) is 38.6 Å². The molecular formula is C28H38O4S. The van der Waals surface area contributed by atoms with Gasteiger partial charge in [0.1, 0.15) is 36.9 Å². The van der Waals surface area contributed by atoms with E-state index < -0.39 is 0 Å². The van der Waals surface area contributed by atoms with Crippen LogP contribution < -0.4 is 9.47 Å². The fraction of sp³-hybridized carbons (Fsp3) is 0.571. The average Bonchev–Trinajstić information content (AvgIpc) is 3.73. The smallest absolute Gasteiger partial charge is 0.123 e. The molecule has 0 aromatic heterocycles. The molecular weight excluding hydrogens is 432 g/mol. The van der Waals surface area contributed by atoms with Gasteiger partial charge in [0, 0.05) is 20.9 Å². The molecule has 0 saturated carbocycles. The molecule has 0 radical (unpaired) electrons. The first-order valence-electron chi connectivity index (χ1n) is 12.5. The molecule has 2 fully saturated rings. The van der Waals surface area contributed by atoms with Gasteiger partial charge in [-0.05, 0) is 62.8 Å². The summed E-state index contributed by atoms with van der Waals surface area (Å²) in [6.45, 7) is 11.8. The molecule has 2 atom stereocenters. The number of ether oxygens (including phenoxy) is 4. The van der Waals surface area contributed by atoms with Gasteiger partial charge in [-0.3, -0.25) is 0 Å². The van der Waals surface area contributed by atoms with Crippen LogP contribution in [0.3, 0.4) is 0 Å². The van der Waals surface area contributed by atoms with E-state index in [0.29, 0.717) is 13.2 Å². The SMILES string of the molecule is CCCCc1c(OCC2CO2)ccc(C)c1Sc1c(C)ccc(OCC2CO2)c1CCCC. The van der Waals surface area contributed by atoms with Crippen molar-refractivity contribution in [1.82, 2.24) is 0 Å². The Morgan fingerprint density at radius 2 is 1.18 bits per heavy atom. The van der Waals surface area contributed by atoms with E-state index in [0.717, 1.165) is 63.2 Å². The minimum Gasteiger partial charge on any atom is -0.490 e. The number of benzene rings is 2. The molecule has 2 aliphatic rings. The summed E-state index contributed by atoms with van der Waals surface area (Å²) < 4.78 is 23.2. The maximum Gasteiger partial charge on any atom is 0.123 e. The van der Waals surface area contributed by atoms with Gasteiger partial charge in [0.25, 0.3) is 0 Å². The highest BCUT2D eigenvalue weighted by Gasteiger charge is 2.26. The summed E-state index contributed by atoms with van der Waals surface area (Å²) in [5.74, 6) is 2.02. The largest absolute Gasteiger partial charge is 0.490 e. The molecule has 0 bridgehead atoms. The lowest BCUT2D eigenvalue weighted by molar-refractivity contribution is 0.260. The van der Waals surface area contributed by atoms with Gasteiger partial charge in [0.15, 0.2) is 0 Å². The van der Waals surface area contributed by atoms with Crippen molar-refractivity contribution in [3.8, 4) is 11.5 Å². The molecule has 2 aromatic carbocycles. The van der Waals surface area contributed by atoms with Crippen LogP contribution >= 0.6 is 11.8 Å². The van der Waals surface area contributed by atoms with Crippen molar-refractivity contribution in [2.24, 2.45) is 0 Å². The van der Waals surface area contributed by atoms with Crippen LogP contribution in [0.4, 0.5) is 0 Å². The minimum atomic E-state index is 0.258. The highest BCUT2D eigenvalue weighted by molar-refractivity contribution is 7.99. The van der Waals surface area contributed by atoms with Crippen molar-refractivity contribution < 1.29 is 18.9 Å². The van der Waals surface area contributed by atoms with Gasteiger partial charge in [0.2, 0.25) is 0 Å². The molecule has 2 saturated heterocycles. The maximum absolute atomic E-state index is 6.24. The van der Waals surface area contributed by atoms with Gasteiger partial charge in [-0.25, -0.2) is 0 Å². The fourth-order valence-electron chi connectivity index (χ4n) is 3.98. The third kappa shape index (κ3) is 6.68. The van der Waals surface area contributed by atoms with Crippen LogP contribution in [0, 0.1) is 13.8 Å². The van der Waals surface area contributed by atoms with Crippen molar-refractivity contribution in [3.05, 3.63) is 46.5 Å². The highest BCUT2D eigenvalue weighted by Crippen LogP contribution is 2.44. The van der Waals surface area contributed by atoms with Crippen molar-refractivity contribution in [1.29, 1.82) is 0 Å². The number of hydrogen-bond donors (Lipinski definition) is 0. The Bertz CT molecular complexity index is 858. The van der Waals surface area contributed by atoms with E-state index in [9.17, 15) is 0 Å². The molecule has 0 spiro atoms. The molecule has 0 aliphatic carbocycles. The van der Waals surface area contributed by atoms with E-state index in [2.05, 4.69) is 52.0 Å². The summed E-state index contributed by atoms with van der Waals surface area (Å²) in [5.41, 5.74) is 5.28. The minimum absolute atomic E-state index is 0.258. The summed E-state index contributed by atoms with van der Waals surface area (Å²) in [6.07, 6.45) is 7.20. The predicted octanol–water partition coefficient (Wildman–Crippen LogP) is 6.70. The second kappa shape index (κ2) is 11.6. The van der Waals surface area contributed by atoms with Gasteiger partial charge < -0.3 is 18.9 Å². The molecule has 4 rings (SSSR count). The van der Waals surface area contributed by atoms with Crippen LogP contribution in [-0.2, 0) is 22.3 Å². The first-order chi connectivity index (χ1) is 16.1. The molecule has 5 heteroatoms. The zero-order chi connectivity index (χ0) is 23.2. The number of aryl methyl sites for hydroxylation is 2. The summed E-state index contributed by atoms with van der Waals surface area (Å²) in [6, 6.07) is 8.69. The monoisotopic (exact) mass is 470 g/mol. The van der Waals surface area contributed by atoms with E-state index >= 15 is 0 Å². The average molecular weight is 471 g/mol. The van der Waals surface area contributed by atoms with E-state index in [4.69, 9.17) is 18.9 Å². The lowest BCUT2D eigenvalue weighted by Gasteiger charge is -2.21. The summed E-state index contributed by atoms with van der Waals surface area (Å²) in [4.78, 5) is 2.67. The third-order valence-electron chi connectivity index (χ3n) is 6.25. The summed E-state index contributed by atoms with van der Waals surface area (Å²) in [7, 11) is 0. The van der Waals surface area contributed by atoms with Crippen LogP contribution in [0.2, 0.25) is 0 Å². The first kappa shape index (κ1) is 24.4. The molecule has 2 unspecified atom stereocenters. The normalized spacial score (nSPS) is 18.9. The van der Waals surface area contributed by atoms with Crippen LogP contribution in [0.1, 0.15) is 61.8 Å². The second-order valence-electron chi connectivity index (χ2n) is 9.22. The molecule has 2 aromatic rings. The number of hydrogen-bond acceptors (Lipinski definition) is 5. The molecule has 2 aliphatic heterocycles. The Hall–Kier alpha value is -1.69. The van der Waals surface area contributed by atoms with Crippen molar-refractivity contribution in [3.63, 3.8) is 0 Å². The van der Waals surface area contributed by atoms with Gasteiger partial charge >= 0.3 is 0 Å². The van der Waals surface area contributed by atoms with Crippen LogP contribution in [0.25, 0.3) is 0 Å². The number of rotatable bonds is 14. The lowest BCUT2D eigenvalue weighted by atomic mass is 10.0. The molecule has 0 N–H and O–H groups in total. The van der Waals surface area contributed by atoms with Gasteiger partial charge in [-0.2, -0.15) is 0 Å². The van der Waals surface area contributed by atoms with Crippen LogP contribution in [0.15, 0.2) is 34.1 Å². The molecule has 180 valence electrons.